The first-order valence-corrected chi connectivity index (χ1v) is 10.5. The maximum absolute atomic E-state index is 12.9. The van der Waals surface area contributed by atoms with Crippen molar-refractivity contribution in [2.75, 3.05) is 5.32 Å². The van der Waals surface area contributed by atoms with Crippen LogP contribution in [0.25, 0.3) is 11.0 Å². The van der Waals surface area contributed by atoms with Crippen LogP contribution in [0, 0.1) is 5.92 Å². The number of carbonyl (C=O) groups is 2. The topological polar surface area (TPSA) is 159 Å². The number of hydrogen-bond acceptors (Lipinski definition) is 8. The summed E-state index contributed by atoms with van der Waals surface area (Å²) in [6.45, 7) is 2.14. The van der Waals surface area contributed by atoms with Crippen molar-refractivity contribution in [1.82, 2.24) is 30.5 Å². The van der Waals surface area contributed by atoms with E-state index in [2.05, 4.69) is 42.7 Å². The standard InChI is InChI=1S/C22H21N7O4/c1-11-6-14(11)21-28-29-22(33-21)26-13-4-2-12(3-5-13)17(7-18(30)31)27-20(32)16-9-24-19-15(16)8-23-10-25-19/h2-5,8-11,14,17H,6-7H2,1H3,(H,26,29)(H,27,32)(H,30,31)(H,23,24,25)/t11-,14+,17+/m0/s1. The Morgan fingerprint density at radius 3 is 2.79 bits per heavy atom. The third-order valence-electron chi connectivity index (χ3n) is 5.72. The molecule has 3 atom stereocenters. The number of anilines is 2. The van der Waals surface area contributed by atoms with Crippen molar-refractivity contribution in [2.24, 2.45) is 5.92 Å². The highest BCUT2D eigenvalue weighted by Crippen LogP contribution is 2.46. The number of H-pyrrole nitrogens is 1. The van der Waals surface area contributed by atoms with E-state index in [1.807, 2.05) is 0 Å². The fourth-order valence-electron chi connectivity index (χ4n) is 3.73. The number of rotatable bonds is 8. The van der Waals surface area contributed by atoms with Crippen molar-refractivity contribution in [2.45, 2.75) is 31.7 Å². The molecular formula is C22H21N7O4. The quantitative estimate of drug-likeness (QED) is 0.318. The van der Waals surface area contributed by atoms with Gasteiger partial charge in [0.05, 0.1) is 18.0 Å². The van der Waals surface area contributed by atoms with Crippen LogP contribution in [0.3, 0.4) is 0 Å². The number of carboxylic acid groups (broad SMARTS) is 1. The van der Waals surface area contributed by atoms with Gasteiger partial charge in [0, 0.05) is 29.4 Å². The zero-order valence-electron chi connectivity index (χ0n) is 17.6. The molecule has 0 saturated heterocycles. The van der Waals surface area contributed by atoms with Crippen LogP contribution >= 0.6 is 0 Å². The lowest BCUT2D eigenvalue weighted by molar-refractivity contribution is -0.137. The molecule has 168 valence electrons. The van der Waals surface area contributed by atoms with Gasteiger partial charge < -0.3 is 25.1 Å². The molecule has 1 amide bonds. The van der Waals surface area contributed by atoms with E-state index in [9.17, 15) is 14.7 Å². The number of benzene rings is 1. The number of aromatic amines is 1. The molecule has 11 nitrogen and oxygen atoms in total. The van der Waals surface area contributed by atoms with E-state index >= 15 is 0 Å². The van der Waals surface area contributed by atoms with E-state index < -0.39 is 17.9 Å². The summed E-state index contributed by atoms with van der Waals surface area (Å²) in [5.74, 6) is 0.0819. The smallest absolute Gasteiger partial charge is 0.320 e. The summed E-state index contributed by atoms with van der Waals surface area (Å²) in [6.07, 6.45) is 5.22. The van der Waals surface area contributed by atoms with Crippen LogP contribution < -0.4 is 10.6 Å². The second kappa shape index (κ2) is 8.34. The Morgan fingerprint density at radius 2 is 2.06 bits per heavy atom. The van der Waals surface area contributed by atoms with E-state index in [0.29, 0.717) is 51.6 Å². The first kappa shape index (κ1) is 20.6. The molecule has 1 saturated carbocycles. The maximum atomic E-state index is 12.9. The number of hydrogen-bond donors (Lipinski definition) is 4. The molecule has 0 unspecified atom stereocenters. The van der Waals surface area contributed by atoms with Gasteiger partial charge in [-0.2, -0.15) is 0 Å². The van der Waals surface area contributed by atoms with Gasteiger partial charge in [0.2, 0.25) is 5.89 Å². The Hall–Kier alpha value is -4.28. The molecule has 1 fully saturated rings. The summed E-state index contributed by atoms with van der Waals surface area (Å²) in [6, 6.07) is 6.58. The zero-order valence-corrected chi connectivity index (χ0v) is 17.6. The number of carboxylic acids is 1. The van der Waals surface area contributed by atoms with E-state index in [-0.39, 0.29) is 6.42 Å². The molecule has 0 radical (unpaired) electrons. The van der Waals surface area contributed by atoms with Crippen LogP contribution in [-0.2, 0) is 4.79 Å². The predicted octanol–water partition coefficient (Wildman–Crippen LogP) is 3.15. The van der Waals surface area contributed by atoms with Gasteiger partial charge in [-0.05, 0) is 30.0 Å². The van der Waals surface area contributed by atoms with E-state index in [0.717, 1.165) is 6.42 Å². The number of nitrogens with zero attached hydrogens (tertiary/aromatic N) is 4. The Balaban J connectivity index is 1.30. The summed E-state index contributed by atoms with van der Waals surface area (Å²) < 4.78 is 5.66. The second-order valence-corrected chi connectivity index (χ2v) is 8.12. The van der Waals surface area contributed by atoms with Gasteiger partial charge in [0.25, 0.3) is 5.91 Å². The van der Waals surface area contributed by atoms with Gasteiger partial charge in [-0.3, -0.25) is 9.59 Å². The van der Waals surface area contributed by atoms with Crippen molar-refractivity contribution < 1.29 is 19.1 Å². The fraction of sp³-hybridized carbons (Fsp3) is 0.273. The fourth-order valence-corrected chi connectivity index (χ4v) is 3.73. The molecule has 3 aromatic heterocycles. The molecule has 11 heteroatoms. The summed E-state index contributed by atoms with van der Waals surface area (Å²) in [7, 11) is 0. The van der Waals surface area contributed by atoms with Gasteiger partial charge in [0.15, 0.2) is 0 Å². The minimum absolute atomic E-state index is 0.274. The monoisotopic (exact) mass is 447 g/mol. The number of amides is 1. The van der Waals surface area contributed by atoms with Gasteiger partial charge in [0.1, 0.15) is 12.0 Å². The molecule has 1 aliphatic carbocycles. The molecule has 3 heterocycles. The van der Waals surface area contributed by atoms with E-state index in [4.69, 9.17) is 4.42 Å². The van der Waals surface area contributed by atoms with Gasteiger partial charge in [-0.1, -0.05) is 24.2 Å². The first-order valence-electron chi connectivity index (χ1n) is 10.5. The predicted molar refractivity (Wildman–Crippen MR) is 117 cm³/mol. The molecule has 0 bridgehead atoms. The Kier molecular flexibility index (Phi) is 5.21. The molecular weight excluding hydrogens is 426 g/mol. The van der Waals surface area contributed by atoms with Crippen LogP contribution in [0.15, 0.2) is 47.4 Å². The Labute approximate surface area is 187 Å². The third-order valence-corrected chi connectivity index (χ3v) is 5.72. The molecule has 4 aromatic rings. The highest BCUT2D eigenvalue weighted by molar-refractivity contribution is 6.05. The number of fused-ring (bicyclic) bond motifs is 1. The van der Waals surface area contributed by atoms with Gasteiger partial charge in [-0.25, -0.2) is 9.97 Å². The Bertz CT molecular complexity index is 1310. The number of nitrogens with one attached hydrogen (secondary N) is 3. The van der Waals surface area contributed by atoms with Crippen LogP contribution in [-0.4, -0.2) is 42.1 Å². The van der Waals surface area contributed by atoms with Crippen LogP contribution in [0.4, 0.5) is 11.7 Å². The third kappa shape index (κ3) is 4.38. The Morgan fingerprint density at radius 1 is 1.27 bits per heavy atom. The highest BCUT2D eigenvalue weighted by atomic mass is 16.4. The molecule has 33 heavy (non-hydrogen) atoms. The number of carbonyl (C=O) groups excluding carboxylic acids is 1. The maximum Gasteiger partial charge on any atom is 0.320 e. The summed E-state index contributed by atoms with van der Waals surface area (Å²) in [4.78, 5) is 35.2. The minimum atomic E-state index is -1.03. The average molecular weight is 447 g/mol. The number of aliphatic carboxylic acids is 1. The number of aromatic nitrogens is 5. The van der Waals surface area contributed by atoms with Crippen molar-refractivity contribution in [3.05, 3.63) is 60.0 Å². The minimum Gasteiger partial charge on any atom is -0.481 e. The average Bonchev–Trinajstić information content (AvgIpc) is 3.18. The lowest BCUT2D eigenvalue weighted by atomic mass is 10.0. The van der Waals surface area contributed by atoms with Crippen molar-refractivity contribution in [1.29, 1.82) is 0 Å². The summed E-state index contributed by atoms with van der Waals surface area (Å²) in [5, 5.41) is 23.9. The van der Waals surface area contributed by atoms with Crippen molar-refractivity contribution in [3.8, 4) is 0 Å². The molecule has 0 spiro atoms. The molecule has 5 rings (SSSR count). The largest absolute Gasteiger partial charge is 0.481 e. The zero-order chi connectivity index (χ0) is 22.9. The molecule has 1 aromatic carbocycles. The van der Waals surface area contributed by atoms with Crippen LogP contribution in [0.2, 0.25) is 0 Å². The van der Waals surface area contributed by atoms with Crippen LogP contribution in [0.1, 0.15) is 53.5 Å². The van der Waals surface area contributed by atoms with Gasteiger partial charge >= 0.3 is 12.0 Å². The summed E-state index contributed by atoms with van der Waals surface area (Å²) >= 11 is 0. The van der Waals surface area contributed by atoms with E-state index in [1.54, 1.807) is 24.3 Å². The normalized spacial score (nSPS) is 18.1. The lowest BCUT2D eigenvalue weighted by Gasteiger charge is -2.17. The highest BCUT2D eigenvalue weighted by Gasteiger charge is 2.38. The molecule has 1 aliphatic rings. The summed E-state index contributed by atoms with van der Waals surface area (Å²) in [5.41, 5.74) is 2.22. The van der Waals surface area contributed by atoms with Gasteiger partial charge in [-0.15, -0.1) is 5.10 Å². The van der Waals surface area contributed by atoms with Crippen molar-refractivity contribution in [3.63, 3.8) is 0 Å². The second-order valence-electron chi connectivity index (χ2n) is 8.12. The van der Waals surface area contributed by atoms with E-state index in [1.165, 1.54) is 18.7 Å². The van der Waals surface area contributed by atoms with Crippen LogP contribution in [0.5, 0.6) is 0 Å². The lowest BCUT2D eigenvalue weighted by Crippen LogP contribution is -2.30. The SMILES string of the molecule is C[C@H]1C[C@H]1c1nnc(Nc2ccc([C@@H](CC(=O)O)NC(=O)c3c[nH]c4ncncc34)cc2)o1. The molecule has 4 N–H and O–H groups in total. The first-order chi connectivity index (χ1) is 16.0. The van der Waals surface area contributed by atoms with Crippen molar-refractivity contribution >= 4 is 34.6 Å². The molecule has 0 aliphatic heterocycles.